The van der Waals surface area contributed by atoms with Crippen molar-refractivity contribution in [1.29, 1.82) is 0 Å². The standard InChI is InChI=1S/C28H50N2O8/c1-2-3-4-5-6-7-8-9-10-11-12-13-14-15-16-17-20-38-28(37)24-30(23-27(35)36)19-18-29(21-25(31)32)22-26(33)34/h9-10H,2-8,11-24H2,1H3,(H,31,32)(H,33,34)(H,35,36)/b10-9-. The van der Waals surface area contributed by atoms with Crippen molar-refractivity contribution < 1.29 is 39.2 Å². The van der Waals surface area contributed by atoms with Crippen LogP contribution in [0.2, 0.25) is 0 Å². The highest BCUT2D eigenvalue weighted by atomic mass is 16.5. The topological polar surface area (TPSA) is 145 Å². The number of hydrogen-bond donors (Lipinski definition) is 3. The molecule has 0 aliphatic rings. The van der Waals surface area contributed by atoms with Crippen LogP contribution < -0.4 is 0 Å². The minimum Gasteiger partial charge on any atom is -0.480 e. The van der Waals surface area contributed by atoms with Crippen LogP contribution in [0.1, 0.15) is 96.8 Å². The number of rotatable bonds is 27. The van der Waals surface area contributed by atoms with Crippen molar-refractivity contribution in [3.8, 4) is 0 Å². The minimum absolute atomic E-state index is 0.00588. The van der Waals surface area contributed by atoms with Crippen molar-refractivity contribution in [1.82, 2.24) is 9.80 Å². The van der Waals surface area contributed by atoms with Gasteiger partial charge in [0.15, 0.2) is 0 Å². The van der Waals surface area contributed by atoms with Gasteiger partial charge in [-0.1, -0.05) is 76.9 Å². The molecule has 0 aliphatic carbocycles. The minimum atomic E-state index is -1.19. The number of esters is 1. The van der Waals surface area contributed by atoms with Gasteiger partial charge in [0.2, 0.25) is 0 Å². The molecule has 10 nitrogen and oxygen atoms in total. The Hall–Kier alpha value is -2.46. The Morgan fingerprint density at radius 3 is 1.42 bits per heavy atom. The molecule has 0 rings (SSSR count). The molecular formula is C28H50N2O8. The van der Waals surface area contributed by atoms with Gasteiger partial charge in [-0.3, -0.25) is 29.0 Å². The number of carboxylic acid groups (broad SMARTS) is 3. The molecule has 0 bridgehead atoms. The quantitative estimate of drug-likeness (QED) is 0.0774. The van der Waals surface area contributed by atoms with E-state index in [0.29, 0.717) is 0 Å². The van der Waals surface area contributed by atoms with Gasteiger partial charge in [-0.25, -0.2) is 0 Å². The third-order valence-electron chi connectivity index (χ3n) is 6.08. The highest BCUT2D eigenvalue weighted by molar-refractivity contribution is 5.74. The monoisotopic (exact) mass is 542 g/mol. The second-order valence-electron chi connectivity index (χ2n) is 9.76. The van der Waals surface area contributed by atoms with Crippen LogP contribution in [0.5, 0.6) is 0 Å². The SMILES string of the molecule is CCCCCCCC/C=C\CCCCCCCCOC(=O)CN(CCN(CC(=O)O)CC(=O)O)CC(=O)O. The van der Waals surface area contributed by atoms with E-state index in [1.165, 1.54) is 62.7 Å². The van der Waals surface area contributed by atoms with Crippen molar-refractivity contribution in [3.05, 3.63) is 12.2 Å². The number of carbonyl (C=O) groups excluding carboxylic acids is 1. The summed E-state index contributed by atoms with van der Waals surface area (Å²) in [5.74, 6) is -4.08. The summed E-state index contributed by atoms with van der Waals surface area (Å²) < 4.78 is 5.22. The third-order valence-corrected chi connectivity index (χ3v) is 6.08. The molecule has 10 heteroatoms. The fourth-order valence-electron chi connectivity index (χ4n) is 4.05. The van der Waals surface area contributed by atoms with Gasteiger partial charge in [0, 0.05) is 13.1 Å². The lowest BCUT2D eigenvalue weighted by Crippen LogP contribution is -2.43. The average Bonchev–Trinajstić information content (AvgIpc) is 2.83. The predicted molar refractivity (Wildman–Crippen MR) is 146 cm³/mol. The Kier molecular flexibility index (Phi) is 23.2. The first-order chi connectivity index (χ1) is 18.2. The van der Waals surface area contributed by atoms with E-state index in [1.54, 1.807) is 0 Å². The molecular weight excluding hydrogens is 492 g/mol. The molecule has 0 aliphatic heterocycles. The fraction of sp³-hybridized carbons (Fsp3) is 0.786. The van der Waals surface area contributed by atoms with Crippen LogP contribution in [0, 0.1) is 0 Å². The van der Waals surface area contributed by atoms with Gasteiger partial charge in [0.1, 0.15) is 0 Å². The lowest BCUT2D eigenvalue weighted by Gasteiger charge is -2.24. The summed E-state index contributed by atoms with van der Waals surface area (Å²) in [4.78, 5) is 47.5. The number of aliphatic carboxylic acids is 3. The molecule has 0 radical (unpaired) electrons. The molecule has 0 saturated heterocycles. The number of hydrogen-bond acceptors (Lipinski definition) is 7. The van der Waals surface area contributed by atoms with E-state index in [-0.39, 0.29) is 26.2 Å². The van der Waals surface area contributed by atoms with Gasteiger partial charge >= 0.3 is 23.9 Å². The first-order valence-electron chi connectivity index (χ1n) is 14.1. The third kappa shape index (κ3) is 25.2. The van der Waals surface area contributed by atoms with E-state index in [9.17, 15) is 19.2 Å². The molecule has 38 heavy (non-hydrogen) atoms. The van der Waals surface area contributed by atoms with Gasteiger partial charge in [0.05, 0.1) is 32.8 Å². The van der Waals surface area contributed by atoms with Gasteiger partial charge in [-0.15, -0.1) is 0 Å². The zero-order chi connectivity index (χ0) is 28.4. The van der Waals surface area contributed by atoms with Crippen LogP contribution in [0.3, 0.4) is 0 Å². The smallest absolute Gasteiger partial charge is 0.320 e. The Morgan fingerprint density at radius 1 is 0.579 bits per heavy atom. The molecule has 0 amide bonds. The molecule has 0 unspecified atom stereocenters. The fourth-order valence-corrected chi connectivity index (χ4v) is 4.05. The Balaban J connectivity index is 3.92. The molecule has 0 fully saturated rings. The lowest BCUT2D eigenvalue weighted by molar-refractivity contribution is -0.148. The molecule has 220 valence electrons. The molecule has 0 saturated carbocycles. The van der Waals surface area contributed by atoms with E-state index in [2.05, 4.69) is 19.1 Å². The molecule has 0 atom stereocenters. The zero-order valence-electron chi connectivity index (χ0n) is 23.3. The lowest BCUT2D eigenvalue weighted by atomic mass is 10.1. The molecule has 0 aromatic carbocycles. The van der Waals surface area contributed by atoms with E-state index in [4.69, 9.17) is 20.1 Å². The highest BCUT2D eigenvalue weighted by Gasteiger charge is 2.19. The van der Waals surface area contributed by atoms with E-state index >= 15 is 0 Å². The van der Waals surface area contributed by atoms with Gasteiger partial charge in [0.25, 0.3) is 0 Å². The summed E-state index contributed by atoms with van der Waals surface area (Å²) in [6, 6.07) is 0. The van der Waals surface area contributed by atoms with E-state index in [0.717, 1.165) is 37.0 Å². The molecule has 0 spiro atoms. The van der Waals surface area contributed by atoms with Crippen LogP contribution in [-0.2, 0) is 23.9 Å². The number of allylic oxidation sites excluding steroid dienone is 2. The number of unbranched alkanes of at least 4 members (excludes halogenated alkanes) is 12. The Bertz CT molecular complexity index is 668. The Labute approximate surface area is 228 Å². The number of carboxylic acids is 3. The maximum atomic E-state index is 12.1. The van der Waals surface area contributed by atoms with E-state index < -0.39 is 43.5 Å². The highest BCUT2D eigenvalue weighted by Crippen LogP contribution is 2.10. The summed E-state index contributed by atoms with van der Waals surface area (Å²) in [7, 11) is 0. The molecule has 3 N–H and O–H groups in total. The van der Waals surface area contributed by atoms with Gasteiger partial charge in [-0.2, -0.15) is 0 Å². The summed E-state index contributed by atoms with van der Waals surface area (Å²) in [5.41, 5.74) is 0. The van der Waals surface area contributed by atoms with Crippen molar-refractivity contribution in [2.75, 3.05) is 45.9 Å². The van der Waals surface area contributed by atoms with Crippen LogP contribution in [0.4, 0.5) is 0 Å². The normalized spacial score (nSPS) is 11.4. The van der Waals surface area contributed by atoms with Crippen molar-refractivity contribution in [2.24, 2.45) is 0 Å². The van der Waals surface area contributed by atoms with Crippen LogP contribution >= 0.6 is 0 Å². The Morgan fingerprint density at radius 2 is 0.974 bits per heavy atom. The number of ether oxygens (including phenoxy) is 1. The summed E-state index contributed by atoms with van der Waals surface area (Å²) in [6.07, 6.45) is 21.2. The van der Waals surface area contributed by atoms with Crippen LogP contribution in [0.25, 0.3) is 0 Å². The average molecular weight is 543 g/mol. The summed E-state index contributed by atoms with van der Waals surface area (Å²) in [5, 5.41) is 26.9. The largest absolute Gasteiger partial charge is 0.480 e. The molecule has 0 aromatic heterocycles. The zero-order valence-corrected chi connectivity index (χ0v) is 23.3. The first-order valence-corrected chi connectivity index (χ1v) is 14.1. The van der Waals surface area contributed by atoms with E-state index in [1.807, 2.05) is 0 Å². The second-order valence-corrected chi connectivity index (χ2v) is 9.76. The van der Waals surface area contributed by atoms with Crippen LogP contribution in [0.15, 0.2) is 12.2 Å². The first kappa shape index (κ1) is 35.5. The van der Waals surface area contributed by atoms with Gasteiger partial charge < -0.3 is 20.1 Å². The molecule has 0 aromatic rings. The van der Waals surface area contributed by atoms with Crippen molar-refractivity contribution in [2.45, 2.75) is 96.8 Å². The number of nitrogens with zero attached hydrogens (tertiary/aromatic N) is 2. The maximum absolute atomic E-state index is 12.1. The second kappa shape index (κ2) is 24.9. The van der Waals surface area contributed by atoms with Crippen LogP contribution in [-0.4, -0.2) is 94.9 Å². The van der Waals surface area contributed by atoms with Crippen molar-refractivity contribution >= 4 is 23.9 Å². The van der Waals surface area contributed by atoms with Crippen molar-refractivity contribution in [3.63, 3.8) is 0 Å². The molecule has 0 heterocycles. The van der Waals surface area contributed by atoms with Gasteiger partial charge in [-0.05, 0) is 32.1 Å². The number of carbonyl (C=O) groups is 4. The predicted octanol–water partition coefficient (Wildman–Crippen LogP) is 4.42. The summed E-state index contributed by atoms with van der Waals surface area (Å²) >= 11 is 0. The maximum Gasteiger partial charge on any atom is 0.320 e. The summed E-state index contributed by atoms with van der Waals surface area (Å²) in [6.45, 7) is 0.851.